The van der Waals surface area contributed by atoms with Gasteiger partial charge in [-0.1, -0.05) is 30.3 Å². The minimum Gasteiger partial charge on any atom is -0.424 e. The number of nitro benzene ring substituents is 1. The Labute approximate surface area is 160 Å². The number of rotatable bonds is 3. The molecule has 2 N–H and O–H groups in total. The molecule has 3 aromatic rings. The second kappa shape index (κ2) is 6.55. The predicted octanol–water partition coefficient (Wildman–Crippen LogP) is 3.87. The van der Waals surface area contributed by atoms with Gasteiger partial charge >= 0.3 is 0 Å². The Morgan fingerprint density at radius 1 is 1.21 bits per heavy atom. The number of hydrogen-bond donors (Lipinski definition) is 1. The first-order valence-corrected chi connectivity index (χ1v) is 8.48. The Kier molecular flexibility index (Phi) is 4.05. The van der Waals surface area contributed by atoms with Crippen LogP contribution in [-0.2, 0) is 0 Å². The van der Waals surface area contributed by atoms with Crippen LogP contribution in [0, 0.1) is 28.4 Å². The van der Waals surface area contributed by atoms with Crippen molar-refractivity contribution < 1.29 is 9.34 Å². The van der Waals surface area contributed by atoms with E-state index >= 15 is 0 Å². The zero-order valence-electron chi connectivity index (χ0n) is 14.9. The van der Waals surface area contributed by atoms with E-state index < -0.39 is 10.8 Å². The van der Waals surface area contributed by atoms with Gasteiger partial charge in [0.1, 0.15) is 11.5 Å². The SMILES string of the molecule is Cc1nc2c(o1)N(c1ccccc1)C(N)=C(C#N)C2c1ccc([N+](=O)[O-])cc1. The molecule has 1 unspecified atom stereocenters. The number of aryl methyl sites for hydroxylation is 1. The standard InChI is InChI=1S/C20H15N5O3/c1-12-23-18-17(13-7-9-15(10-8-13)25(26)27)16(11-21)19(22)24(20(18)28-12)14-5-3-2-4-6-14/h2-10,17H,22H2,1H3. The topological polar surface area (TPSA) is 122 Å². The van der Waals surface area contributed by atoms with Crippen LogP contribution in [0.4, 0.5) is 17.3 Å². The smallest absolute Gasteiger partial charge is 0.269 e. The van der Waals surface area contributed by atoms with Gasteiger partial charge in [0.05, 0.1) is 28.2 Å². The quantitative estimate of drug-likeness (QED) is 0.546. The molecule has 1 atom stereocenters. The number of oxazole rings is 1. The van der Waals surface area contributed by atoms with E-state index in [4.69, 9.17) is 10.2 Å². The first kappa shape index (κ1) is 17.3. The molecule has 0 saturated carbocycles. The van der Waals surface area contributed by atoms with Gasteiger partial charge in [-0.05, 0) is 17.7 Å². The van der Waals surface area contributed by atoms with Crippen LogP contribution < -0.4 is 10.6 Å². The number of non-ortho nitro benzene ring substituents is 1. The van der Waals surface area contributed by atoms with E-state index in [1.165, 1.54) is 12.1 Å². The van der Waals surface area contributed by atoms with Crippen LogP contribution in [0.15, 0.2) is 70.4 Å². The summed E-state index contributed by atoms with van der Waals surface area (Å²) < 4.78 is 5.83. The number of nitriles is 1. The zero-order chi connectivity index (χ0) is 19.8. The molecule has 8 nitrogen and oxygen atoms in total. The number of fused-ring (bicyclic) bond motifs is 1. The van der Waals surface area contributed by atoms with Crippen LogP contribution in [0.3, 0.4) is 0 Å². The van der Waals surface area contributed by atoms with E-state index in [0.29, 0.717) is 28.6 Å². The molecule has 1 aliphatic heterocycles. The molecule has 0 radical (unpaired) electrons. The Morgan fingerprint density at radius 2 is 1.89 bits per heavy atom. The molecule has 138 valence electrons. The van der Waals surface area contributed by atoms with Crippen molar-refractivity contribution in [2.24, 2.45) is 5.73 Å². The van der Waals surface area contributed by atoms with Crippen molar-refractivity contribution in [3.8, 4) is 6.07 Å². The van der Waals surface area contributed by atoms with Crippen LogP contribution in [0.5, 0.6) is 0 Å². The van der Waals surface area contributed by atoms with Crippen molar-refractivity contribution >= 4 is 17.3 Å². The van der Waals surface area contributed by atoms with Crippen LogP contribution in [0.2, 0.25) is 0 Å². The summed E-state index contributed by atoms with van der Waals surface area (Å²) in [6, 6.07) is 17.5. The molecular formula is C20H15N5O3. The summed E-state index contributed by atoms with van der Waals surface area (Å²) in [5, 5.41) is 20.8. The zero-order valence-corrected chi connectivity index (χ0v) is 14.9. The average Bonchev–Trinajstić information content (AvgIpc) is 3.08. The van der Waals surface area contributed by atoms with Crippen LogP contribution in [0.25, 0.3) is 0 Å². The number of benzene rings is 2. The third kappa shape index (κ3) is 2.66. The van der Waals surface area contributed by atoms with E-state index in [-0.39, 0.29) is 11.5 Å². The molecule has 1 aromatic heterocycles. The van der Waals surface area contributed by atoms with Gasteiger partial charge in [0.15, 0.2) is 5.89 Å². The van der Waals surface area contributed by atoms with Crippen molar-refractivity contribution in [2.75, 3.05) is 4.90 Å². The Hall–Kier alpha value is -4.12. The molecule has 8 heteroatoms. The van der Waals surface area contributed by atoms with E-state index in [1.807, 2.05) is 30.3 Å². The van der Waals surface area contributed by atoms with Crippen molar-refractivity contribution in [1.82, 2.24) is 4.98 Å². The summed E-state index contributed by atoms with van der Waals surface area (Å²) in [5.74, 6) is 0.535. The maximum absolute atomic E-state index is 11.0. The molecule has 2 aromatic carbocycles. The molecule has 28 heavy (non-hydrogen) atoms. The number of para-hydroxylation sites is 1. The monoisotopic (exact) mass is 373 g/mol. The molecule has 0 bridgehead atoms. The van der Waals surface area contributed by atoms with Gasteiger partial charge in [0.25, 0.3) is 5.69 Å². The van der Waals surface area contributed by atoms with Crippen molar-refractivity contribution in [3.05, 3.63) is 93.3 Å². The highest BCUT2D eigenvalue weighted by Crippen LogP contribution is 2.46. The summed E-state index contributed by atoms with van der Waals surface area (Å²) in [4.78, 5) is 16.6. The highest BCUT2D eigenvalue weighted by Gasteiger charge is 2.38. The second-order valence-corrected chi connectivity index (χ2v) is 6.29. The van der Waals surface area contributed by atoms with Crippen molar-refractivity contribution in [1.29, 1.82) is 5.26 Å². The van der Waals surface area contributed by atoms with Crippen LogP contribution in [-0.4, -0.2) is 9.91 Å². The van der Waals surface area contributed by atoms with Gasteiger partial charge in [-0.3, -0.25) is 15.0 Å². The Morgan fingerprint density at radius 3 is 2.50 bits per heavy atom. The molecule has 2 heterocycles. The fourth-order valence-electron chi connectivity index (χ4n) is 3.36. The largest absolute Gasteiger partial charge is 0.424 e. The van der Waals surface area contributed by atoms with Gasteiger partial charge < -0.3 is 10.2 Å². The number of anilines is 2. The van der Waals surface area contributed by atoms with E-state index in [1.54, 1.807) is 24.0 Å². The van der Waals surface area contributed by atoms with E-state index in [2.05, 4.69) is 11.1 Å². The number of nitrogens with two attached hydrogens (primary N) is 1. The lowest BCUT2D eigenvalue weighted by atomic mass is 9.86. The third-order valence-corrected chi connectivity index (χ3v) is 4.60. The van der Waals surface area contributed by atoms with Gasteiger partial charge in [0.2, 0.25) is 5.88 Å². The van der Waals surface area contributed by atoms with Crippen LogP contribution in [0.1, 0.15) is 23.1 Å². The number of allylic oxidation sites excluding steroid dienone is 1. The van der Waals surface area contributed by atoms with Gasteiger partial charge in [-0.15, -0.1) is 0 Å². The maximum Gasteiger partial charge on any atom is 0.269 e. The number of hydrogen-bond acceptors (Lipinski definition) is 7. The summed E-state index contributed by atoms with van der Waals surface area (Å²) in [6.07, 6.45) is 0. The molecule has 0 spiro atoms. The number of nitrogens with zero attached hydrogens (tertiary/aromatic N) is 4. The molecule has 1 aliphatic rings. The first-order chi connectivity index (χ1) is 13.5. The lowest BCUT2D eigenvalue weighted by Gasteiger charge is -2.31. The normalized spacial score (nSPS) is 15.9. The predicted molar refractivity (Wildman–Crippen MR) is 102 cm³/mol. The van der Waals surface area contributed by atoms with Gasteiger partial charge in [-0.25, -0.2) is 4.98 Å². The van der Waals surface area contributed by atoms with Crippen molar-refractivity contribution in [2.45, 2.75) is 12.8 Å². The molecule has 0 fully saturated rings. The fraction of sp³-hybridized carbons (Fsp3) is 0.100. The lowest BCUT2D eigenvalue weighted by Crippen LogP contribution is -2.31. The van der Waals surface area contributed by atoms with E-state index in [9.17, 15) is 15.4 Å². The minimum absolute atomic E-state index is 0.0301. The second-order valence-electron chi connectivity index (χ2n) is 6.29. The minimum atomic E-state index is -0.571. The highest BCUT2D eigenvalue weighted by atomic mass is 16.6. The first-order valence-electron chi connectivity index (χ1n) is 8.48. The molecular weight excluding hydrogens is 358 g/mol. The van der Waals surface area contributed by atoms with Crippen molar-refractivity contribution in [3.63, 3.8) is 0 Å². The summed E-state index contributed by atoms with van der Waals surface area (Å²) >= 11 is 0. The number of nitro groups is 1. The number of aromatic nitrogens is 1. The third-order valence-electron chi connectivity index (χ3n) is 4.60. The van der Waals surface area contributed by atoms with Gasteiger partial charge in [0, 0.05) is 19.1 Å². The van der Waals surface area contributed by atoms with Gasteiger partial charge in [-0.2, -0.15) is 5.26 Å². The molecule has 0 amide bonds. The Balaban J connectivity index is 1.92. The van der Waals surface area contributed by atoms with E-state index in [0.717, 1.165) is 5.69 Å². The summed E-state index contributed by atoms with van der Waals surface area (Å²) in [7, 11) is 0. The summed E-state index contributed by atoms with van der Waals surface area (Å²) in [5.41, 5.74) is 8.62. The Bertz CT molecular complexity index is 1130. The fourth-order valence-corrected chi connectivity index (χ4v) is 3.36. The highest BCUT2D eigenvalue weighted by molar-refractivity contribution is 5.73. The molecule has 4 rings (SSSR count). The average molecular weight is 373 g/mol. The molecule has 0 saturated heterocycles. The maximum atomic E-state index is 11.0. The molecule has 0 aliphatic carbocycles. The lowest BCUT2D eigenvalue weighted by molar-refractivity contribution is -0.384. The summed E-state index contributed by atoms with van der Waals surface area (Å²) in [6.45, 7) is 1.72. The van der Waals surface area contributed by atoms with Crippen LogP contribution >= 0.6 is 0 Å².